The number of hydrogen-bond donors (Lipinski definition) is 2. The van der Waals surface area contributed by atoms with Gasteiger partial charge in [-0.25, -0.2) is 0 Å². The van der Waals surface area contributed by atoms with Crippen LogP contribution in [0, 0.1) is 12.3 Å². The van der Waals surface area contributed by atoms with Gasteiger partial charge in [0.25, 0.3) is 0 Å². The van der Waals surface area contributed by atoms with Gasteiger partial charge in [0.2, 0.25) is 5.91 Å². The molecule has 1 aromatic carbocycles. The van der Waals surface area contributed by atoms with Crippen molar-refractivity contribution in [2.75, 3.05) is 13.6 Å². The number of aromatic amines is 1. The molecule has 0 fully saturated rings. The number of H-pyrrole nitrogens is 1. The molecule has 0 saturated heterocycles. The van der Waals surface area contributed by atoms with Crippen molar-refractivity contribution < 1.29 is 4.79 Å². The van der Waals surface area contributed by atoms with Gasteiger partial charge in [0.1, 0.15) is 0 Å². The first-order valence-corrected chi connectivity index (χ1v) is 6.12. The summed E-state index contributed by atoms with van der Waals surface area (Å²) < 4.78 is 0. The molecule has 98 valence electrons. The largest absolute Gasteiger partial charge is 0.361 e. The second-order valence-corrected chi connectivity index (χ2v) is 4.57. The molecule has 1 unspecified atom stereocenters. The minimum atomic E-state index is -0.572. The van der Waals surface area contributed by atoms with E-state index in [0.717, 1.165) is 16.5 Å². The van der Waals surface area contributed by atoms with Crippen LogP contribution in [0.15, 0.2) is 30.5 Å². The minimum absolute atomic E-state index is 0.136. The molecular formula is C15H17N3O. The van der Waals surface area contributed by atoms with Crippen LogP contribution in [0.4, 0.5) is 0 Å². The molecule has 0 saturated carbocycles. The summed E-state index contributed by atoms with van der Waals surface area (Å²) in [5.74, 6) is 2.30. The van der Waals surface area contributed by atoms with Crippen molar-refractivity contribution in [2.24, 2.45) is 5.73 Å². The van der Waals surface area contributed by atoms with Crippen molar-refractivity contribution in [1.82, 2.24) is 9.88 Å². The van der Waals surface area contributed by atoms with E-state index in [0.29, 0.717) is 6.42 Å². The fourth-order valence-corrected chi connectivity index (χ4v) is 2.12. The Morgan fingerprint density at radius 2 is 2.26 bits per heavy atom. The van der Waals surface area contributed by atoms with E-state index in [4.69, 9.17) is 12.2 Å². The first-order valence-electron chi connectivity index (χ1n) is 6.12. The van der Waals surface area contributed by atoms with Gasteiger partial charge in [0.15, 0.2) is 0 Å². The second-order valence-electron chi connectivity index (χ2n) is 4.57. The third-order valence-electron chi connectivity index (χ3n) is 3.14. The van der Waals surface area contributed by atoms with Crippen molar-refractivity contribution in [3.63, 3.8) is 0 Å². The fourth-order valence-electron chi connectivity index (χ4n) is 2.12. The molecule has 0 aliphatic heterocycles. The van der Waals surface area contributed by atoms with Crippen LogP contribution < -0.4 is 5.73 Å². The van der Waals surface area contributed by atoms with Gasteiger partial charge in [-0.05, 0) is 18.1 Å². The van der Waals surface area contributed by atoms with Crippen molar-refractivity contribution >= 4 is 16.8 Å². The lowest BCUT2D eigenvalue weighted by Crippen LogP contribution is -2.43. The Hall–Kier alpha value is -2.25. The summed E-state index contributed by atoms with van der Waals surface area (Å²) in [6, 6.07) is 7.38. The third-order valence-corrected chi connectivity index (χ3v) is 3.14. The number of nitrogens with zero attached hydrogens (tertiary/aromatic N) is 1. The summed E-state index contributed by atoms with van der Waals surface area (Å²) in [4.78, 5) is 16.6. The van der Waals surface area contributed by atoms with E-state index in [1.54, 1.807) is 7.05 Å². The number of hydrogen-bond acceptors (Lipinski definition) is 2. The molecule has 1 atom stereocenters. The number of likely N-dealkylation sites (N-methyl/N-ethyl adjacent to an activating group) is 1. The summed E-state index contributed by atoms with van der Waals surface area (Å²) in [6.45, 7) is 0.278. The van der Waals surface area contributed by atoms with Gasteiger partial charge in [-0.2, -0.15) is 0 Å². The molecule has 4 nitrogen and oxygen atoms in total. The number of para-hydroxylation sites is 1. The van der Waals surface area contributed by atoms with E-state index in [9.17, 15) is 4.79 Å². The first-order chi connectivity index (χ1) is 9.13. The third kappa shape index (κ3) is 2.78. The van der Waals surface area contributed by atoms with Crippen LogP contribution >= 0.6 is 0 Å². The van der Waals surface area contributed by atoms with Crippen LogP contribution in [-0.4, -0.2) is 35.4 Å². The lowest BCUT2D eigenvalue weighted by Gasteiger charge is -2.18. The molecule has 1 aromatic heterocycles. The number of nitrogens with one attached hydrogen (secondary N) is 1. The molecule has 2 rings (SSSR count). The Labute approximate surface area is 112 Å². The zero-order chi connectivity index (χ0) is 13.8. The molecule has 0 spiro atoms. The average molecular weight is 255 g/mol. The highest BCUT2D eigenvalue weighted by atomic mass is 16.2. The number of rotatable bonds is 4. The van der Waals surface area contributed by atoms with E-state index in [-0.39, 0.29) is 12.5 Å². The zero-order valence-corrected chi connectivity index (χ0v) is 10.9. The van der Waals surface area contributed by atoms with Crippen LogP contribution in [0.25, 0.3) is 10.9 Å². The summed E-state index contributed by atoms with van der Waals surface area (Å²) in [5.41, 5.74) is 8.05. The van der Waals surface area contributed by atoms with Crippen molar-refractivity contribution in [3.8, 4) is 12.3 Å². The maximum Gasteiger partial charge on any atom is 0.240 e. The van der Waals surface area contributed by atoms with Crippen molar-refractivity contribution in [1.29, 1.82) is 0 Å². The molecule has 0 aliphatic rings. The van der Waals surface area contributed by atoms with Crippen LogP contribution in [0.3, 0.4) is 0 Å². The van der Waals surface area contributed by atoms with Crippen LogP contribution in [-0.2, 0) is 11.2 Å². The SMILES string of the molecule is C#CCN(C)C(=O)C(N)Cc1c[nH]c2ccccc12. The zero-order valence-electron chi connectivity index (χ0n) is 10.9. The van der Waals surface area contributed by atoms with Crippen molar-refractivity contribution in [2.45, 2.75) is 12.5 Å². The maximum atomic E-state index is 12.0. The van der Waals surface area contributed by atoms with Gasteiger partial charge < -0.3 is 15.6 Å². The van der Waals surface area contributed by atoms with Crippen LogP contribution in [0.5, 0.6) is 0 Å². The molecule has 1 amide bonds. The Balaban J connectivity index is 2.13. The molecule has 2 aromatic rings. The Morgan fingerprint density at radius 1 is 1.53 bits per heavy atom. The van der Waals surface area contributed by atoms with Gasteiger partial charge in [0.05, 0.1) is 12.6 Å². The maximum absolute atomic E-state index is 12.0. The van der Waals surface area contributed by atoms with E-state index in [1.165, 1.54) is 4.90 Å². The lowest BCUT2D eigenvalue weighted by molar-refractivity contribution is -0.130. The molecule has 4 heteroatoms. The number of nitrogens with two attached hydrogens (primary N) is 1. The van der Waals surface area contributed by atoms with E-state index >= 15 is 0 Å². The van der Waals surface area contributed by atoms with Gasteiger partial charge in [-0.1, -0.05) is 24.1 Å². The average Bonchev–Trinajstić information content (AvgIpc) is 2.81. The van der Waals surface area contributed by atoms with E-state index < -0.39 is 6.04 Å². The Bertz CT molecular complexity index is 624. The molecule has 1 heterocycles. The highest BCUT2D eigenvalue weighted by Crippen LogP contribution is 2.18. The van der Waals surface area contributed by atoms with Gasteiger partial charge >= 0.3 is 0 Å². The van der Waals surface area contributed by atoms with Crippen molar-refractivity contribution in [3.05, 3.63) is 36.0 Å². The predicted molar refractivity (Wildman–Crippen MR) is 76.4 cm³/mol. The molecule has 0 bridgehead atoms. The Morgan fingerprint density at radius 3 is 3.00 bits per heavy atom. The number of terminal acetylenes is 1. The number of aromatic nitrogens is 1. The molecule has 19 heavy (non-hydrogen) atoms. The van der Waals surface area contributed by atoms with E-state index in [1.807, 2.05) is 30.5 Å². The standard InChI is InChI=1S/C15H17N3O/c1-3-8-18(2)15(19)13(16)9-11-10-17-14-7-5-4-6-12(11)14/h1,4-7,10,13,17H,8-9,16H2,2H3. The number of carbonyl (C=O) groups excluding carboxylic acids is 1. The quantitative estimate of drug-likeness (QED) is 0.804. The molecule has 0 aliphatic carbocycles. The van der Waals surface area contributed by atoms with Crippen LogP contribution in [0.2, 0.25) is 0 Å². The summed E-state index contributed by atoms with van der Waals surface area (Å²) >= 11 is 0. The first kappa shape index (κ1) is 13.2. The summed E-state index contributed by atoms with van der Waals surface area (Å²) in [5, 5.41) is 1.10. The monoisotopic (exact) mass is 255 g/mol. The second kappa shape index (κ2) is 5.59. The number of carbonyl (C=O) groups is 1. The van der Waals surface area contributed by atoms with Crippen LogP contribution in [0.1, 0.15) is 5.56 Å². The minimum Gasteiger partial charge on any atom is -0.361 e. The smallest absolute Gasteiger partial charge is 0.240 e. The molecule has 3 N–H and O–H groups in total. The van der Waals surface area contributed by atoms with Gasteiger partial charge in [-0.3, -0.25) is 4.79 Å². The number of benzene rings is 1. The van der Waals surface area contributed by atoms with E-state index in [2.05, 4.69) is 10.9 Å². The summed E-state index contributed by atoms with van der Waals surface area (Å²) in [7, 11) is 1.66. The summed E-state index contributed by atoms with van der Waals surface area (Å²) in [6.07, 6.45) is 7.59. The number of amides is 1. The molecular weight excluding hydrogens is 238 g/mol. The topological polar surface area (TPSA) is 62.1 Å². The lowest BCUT2D eigenvalue weighted by atomic mass is 10.0. The number of fused-ring (bicyclic) bond motifs is 1. The molecule has 0 radical (unpaired) electrons. The van der Waals surface area contributed by atoms with Gasteiger partial charge in [0, 0.05) is 24.1 Å². The fraction of sp³-hybridized carbons (Fsp3) is 0.267. The highest BCUT2D eigenvalue weighted by molar-refractivity contribution is 5.86. The highest BCUT2D eigenvalue weighted by Gasteiger charge is 2.19. The normalized spacial score (nSPS) is 12.1. The Kier molecular flexibility index (Phi) is 3.88. The van der Waals surface area contributed by atoms with Gasteiger partial charge in [-0.15, -0.1) is 6.42 Å². The predicted octanol–water partition coefficient (Wildman–Crippen LogP) is 1.13.